The standard InChI is InChI=1S/C14H23N3O4/c1-13(2,3)17-7-9(21-12(17)20)6-14(4,5)16-8-10(18)15-11(16)19/h9H,6-8H2,1-5H3,(H,15,18,19). The van der Waals surface area contributed by atoms with E-state index in [-0.39, 0.29) is 36.2 Å². The molecule has 1 N–H and O–H groups in total. The van der Waals surface area contributed by atoms with Gasteiger partial charge in [0.15, 0.2) is 0 Å². The summed E-state index contributed by atoms with van der Waals surface area (Å²) in [5.41, 5.74) is -0.855. The molecule has 7 nitrogen and oxygen atoms in total. The average molecular weight is 297 g/mol. The second-order valence-corrected chi connectivity index (χ2v) is 7.24. The summed E-state index contributed by atoms with van der Waals surface area (Å²) >= 11 is 0. The van der Waals surface area contributed by atoms with E-state index in [1.54, 1.807) is 4.90 Å². The summed E-state index contributed by atoms with van der Waals surface area (Å²) in [6, 6.07) is -0.387. The Hall–Kier alpha value is -1.79. The number of hydrogen-bond acceptors (Lipinski definition) is 4. The molecule has 2 saturated heterocycles. The van der Waals surface area contributed by atoms with Crippen LogP contribution in [0.25, 0.3) is 0 Å². The summed E-state index contributed by atoms with van der Waals surface area (Å²) < 4.78 is 5.40. The Bertz CT molecular complexity index is 481. The van der Waals surface area contributed by atoms with E-state index in [9.17, 15) is 14.4 Å². The van der Waals surface area contributed by atoms with Crippen molar-refractivity contribution in [2.75, 3.05) is 13.1 Å². The van der Waals surface area contributed by atoms with Gasteiger partial charge in [0.1, 0.15) is 12.6 Å². The minimum atomic E-state index is -0.560. The zero-order valence-corrected chi connectivity index (χ0v) is 13.2. The van der Waals surface area contributed by atoms with E-state index < -0.39 is 5.54 Å². The Kier molecular flexibility index (Phi) is 3.63. The fourth-order valence-corrected chi connectivity index (χ4v) is 2.77. The van der Waals surface area contributed by atoms with Crippen molar-refractivity contribution in [2.24, 2.45) is 0 Å². The summed E-state index contributed by atoms with van der Waals surface area (Å²) in [6.45, 7) is 10.2. The van der Waals surface area contributed by atoms with Crippen molar-refractivity contribution in [3.8, 4) is 0 Å². The zero-order chi connectivity index (χ0) is 16.0. The number of nitrogens with one attached hydrogen (secondary N) is 1. The van der Waals surface area contributed by atoms with Crippen LogP contribution in [0.2, 0.25) is 0 Å². The lowest BCUT2D eigenvalue weighted by molar-refractivity contribution is -0.118. The molecule has 118 valence electrons. The minimum Gasteiger partial charge on any atom is -0.444 e. The van der Waals surface area contributed by atoms with Crippen LogP contribution in [0.3, 0.4) is 0 Å². The summed E-state index contributed by atoms with van der Waals surface area (Å²) in [7, 11) is 0. The van der Waals surface area contributed by atoms with E-state index in [0.29, 0.717) is 13.0 Å². The molecular formula is C14H23N3O4. The third-order valence-corrected chi connectivity index (χ3v) is 3.93. The van der Waals surface area contributed by atoms with Gasteiger partial charge in [-0.3, -0.25) is 15.0 Å². The monoisotopic (exact) mass is 297 g/mol. The zero-order valence-electron chi connectivity index (χ0n) is 13.2. The quantitative estimate of drug-likeness (QED) is 0.797. The van der Waals surface area contributed by atoms with E-state index in [1.165, 1.54) is 4.90 Å². The highest BCUT2D eigenvalue weighted by Gasteiger charge is 2.44. The molecule has 2 aliphatic heterocycles. The van der Waals surface area contributed by atoms with Crippen LogP contribution >= 0.6 is 0 Å². The van der Waals surface area contributed by atoms with Gasteiger partial charge in [-0.1, -0.05) is 0 Å². The molecule has 0 aliphatic carbocycles. The number of amides is 4. The van der Waals surface area contributed by atoms with Gasteiger partial charge in [-0.2, -0.15) is 0 Å². The van der Waals surface area contributed by atoms with Gasteiger partial charge >= 0.3 is 12.1 Å². The van der Waals surface area contributed by atoms with E-state index in [4.69, 9.17) is 4.74 Å². The van der Waals surface area contributed by atoms with Crippen molar-refractivity contribution in [3.05, 3.63) is 0 Å². The SMILES string of the molecule is CC(C)(C)N1CC(CC(C)(C)N2CC(=O)NC2=O)OC1=O. The fourth-order valence-electron chi connectivity index (χ4n) is 2.77. The molecule has 2 rings (SSSR count). The summed E-state index contributed by atoms with van der Waals surface area (Å²) in [5, 5.41) is 2.27. The lowest BCUT2D eigenvalue weighted by atomic mass is 9.94. The minimum absolute atomic E-state index is 0.0511. The predicted octanol–water partition coefficient (Wildman–Crippen LogP) is 1.33. The van der Waals surface area contributed by atoms with Crippen molar-refractivity contribution in [1.82, 2.24) is 15.1 Å². The Labute approximate surface area is 124 Å². The third kappa shape index (κ3) is 3.11. The number of imide groups is 1. The molecule has 2 fully saturated rings. The number of rotatable bonds is 3. The van der Waals surface area contributed by atoms with Crippen molar-refractivity contribution in [1.29, 1.82) is 0 Å². The second kappa shape index (κ2) is 4.89. The molecule has 0 saturated carbocycles. The van der Waals surface area contributed by atoms with E-state index in [2.05, 4.69) is 5.32 Å². The first-order valence-electron chi connectivity index (χ1n) is 7.10. The van der Waals surface area contributed by atoms with Gasteiger partial charge < -0.3 is 9.64 Å². The first kappa shape index (κ1) is 15.6. The summed E-state index contributed by atoms with van der Waals surface area (Å²) in [6.07, 6.45) is -0.119. The molecule has 7 heteroatoms. The Morgan fingerprint density at radius 2 is 1.76 bits per heavy atom. The maximum Gasteiger partial charge on any atom is 0.410 e. The van der Waals surface area contributed by atoms with Crippen LogP contribution in [0.4, 0.5) is 9.59 Å². The van der Waals surface area contributed by atoms with Gasteiger partial charge in [0.2, 0.25) is 5.91 Å². The highest BCUT2D eigenvalue weighted by atomic mass is 16.6. The average Bonchev–Trinajstić information content (AvgIpc) is 2.80. The maximum absolute atomic E-state index is 11.9. The van der Waals surface area contributed by atoms with E-state index >= 15 is 0 Å². The van der Waals surface area contributed by atoms with E-state index in [0.717, 1.165) is 0 Å². The van der Waals surface area contributed by atoms with Gasteiger partial charge in [0.25, 0.3) is 0 Å². The maximum atomic E-state index is 11.9. The van der Waals surface area contributed by atoms with Crippen molar-refractivity contribution in [3.63, 3.8) is 0 Å². The molecule has 2 aliphatic rings. The molecule has 4 amide bonds. The number of cyclic esters (lactones) is 1. The van der Waals surface area contributed by atoms with Crippen LogP contribution in [0, 0.1) is 0 Å². The molecule has 0 radical (unpaired) electrons. The van der Waals surface area contributed by atoms with Gasteiger partial charge in [0.05, 0.1) is 6.54 Å². The van der Waals surface area contributed by atoms with Crippen LogP contribution in [-0.2, 0) is 9.53 Å². The first-order valence-corrected chi connectivity index (χ1v) is 7.10. The van der Waals surface area contributed by atoms with Gasteiger partial charge in [-0.15, -0.1) is 0 Å². The molecule has 1 unspecified atom stereocenters. The van der Waals surface area contributed by atoms with Gasteiger partial charge in [-0.05, 0) is 34.6 Å². The molecule has 0 aromatic carbocycles. The third-order valence-electron chi connectivity index (χ3n) is 3.93. The lowest BCUT2D eigenvalue weighted by Crippen LogP contribution is -2.48. The number of urea groups is 1. The molecule has 0 bridgehead atoms. The largest absolute Gasteiger partial charge is 0.444 e. The summed E-state index contributed by atoms with van der Waals surface area (Å²) in [5.74, 6) is -0.298. The predicted molar refractivity (Wildman–Crippen MR) is 75.7 cm³/mol. The van der Waals surface area contributed by atoms with Crippen LogP contribution in [0.1, 0.15) is 41.0 Å². The molecule has 1 atom stereocenters. The lowest BCUT2D eigenvalue weighted by Gasteiger charge is -2.35. The van der Waals surface area contributed by atoms with Gasteiger partial charge in [0, 0.05) is 17.5 Å². The fraction of sp³-hybridized carbons (Fsp3) is 0.786. The molecule has 0 spiro atoms. The first-order chi connectivity index (χ1) is 9.50. The number of nitrogens with zero attached hydrogens (tertiary/aromatic N) is 2. The van der Waals surface area contributed by atoms with Crippen molar-refractivity contribution < 1.29 is 19.1 Å². The number of hydrogen-bond donors (Lipinski definition) is 1. The Balaban J connectivity index is 2.03. The van der Waals surface area contributed by atoms with Crippen LogP contribution < -0.4 is 5.32 Å². The normalized spacial score (nSPS) is 23.7. The molecule has 2 heterocycles. The van der Waals surface area contributed by atoms with Gasteiger partial charge in [-0.25, -0.2) is 9.59 Å². The molecule has 21 heavy (non-hydrogen) atoms. The van der Waals surface area contributed by atoms with Crippen LogP contribution in [0.15, 0.2) is 0 Å². The topological polar surface area (TPSA) is 78.9 Å². The van der Waals surface area contributed by atoms with Crippen LogP contribution in [-0.4, -0.2) is 58.1 Å². The highest BCUT2D eigenvalue weighted by Crippen LogP contribution is 2.29. The molecule has 0 aromatic rings. The number of carbonyl (C=O) groups excluding carboxylic acids is 3. The molecular weight excluding hydrogens is 274 g/mol. The second-order valence-electron chi connectivity index (χ2n) is 7.24. The van der Waals surface area contributed by atoms with Crippen LogP contribution in [0.5, 0.6) is 0 Å². The Morgan fingerprint density at radius 1 is 1.14 bits per heavy atom. The Morgan fingerprint density at radius 3 is 2.19 bits per heavy atom. The van der Waals surface area contributed by atoms with Crippen molar-refractivity contribution in [2.45, 2.75) is 58.2 Å². The van der Waals surface area contributed by atoms with E-state index in [1.807, 2.05) is 34.6 Å². The summed E-state index contributed by atoms with van der Waals surface area (Å²) in [4.78, 5) is 38.2. The molecule has 0 aromatic heterocycles. The highest BCUT2D eigenvalue weighted by molar-refractivity contribution is 6.02. The number of ether oxygens (including phenoxy) is 1. The number of carbonyl (C=O) groups is 3. The smallest absolute Gasteiger partial charge is 0.410 e. The van der Waals surface area contributed by atoms with Crippen molar-refractivity contribution >= 4 is 18.0 Å².